The van der Waals surface area contributed by atoms with E-state index in [0.29, 0.717) is 17.1 Å². The lowest BCUT2D eigenvalue weighted by molar-refractivity contribution is -0.146. The molecule has 132 valence electrons. The number of halogens is 1. The number of rotatable bonds is 4. The first-order valence-corrected chi connectivity index (χ1v) is 9.77. The molecule has 0 aromatic heterocycles. The van der Waals surface area contributed by atoms with Crippen LogP contribution in [0.15, 0.2) is 24.3 Å². The molecule has 1 unspecified atom stereocenters. The van der Waals surface area contributed by atoms with Gasteiger partial charge in [0.2, 0.25) is 11.8 Å². The zero-order valence-electron chi connectivity index (χ0n) is 13.9. The van der Waals surface area contributed by atoms with Crippen molar-refractivity contribution in [3.05, 3.63) is 29.3 Å². The van der Waals surface area contributed by atoms with Crippen molar-refractivity contribution in [3.8, 4) is 0 Å². The number of hydrogen-bond acceptors (Lipinski definition) is 4. The van der Waals surface area contributed by atoms with Crippen molar-refractivity contribution in [2.45, 2.75) is 26.3 Å². The summed E-state index contributed by atoms with van der Waals surface area (Å²) in [5.74, 6) is -0.838. The number of carbonyl (C=O) groups is 2. The molecule has 1 atom stereocenters. The molecule has 6 nitrogen and oxygen atoms in total. The number of amides is 2. The Morgan fingerprint density at radius 3 is 2.33 bits per heavy atom. The number of sulfone groups is 1. The molecular formula is C16H21ClN2O4S. The second-order valence-corrected chi connectivity index (χ2v) is 9.22. The minimum Gasteiger partial charge on any atom is -0.341 e. The molecule has 8 heteroatoms. The second kappa shape index (κ2) is 6.72. The number of benzene rings is 1. The van der Waals surface area contributed by atoms with Crippen LogP contribution in [-0.2, 0) is 19.4 Å². The Hall–Kier alpha value is -1.60. The van der Waals surface area contributed by atoms with E-state index in [1.54, 1.807) is 31.3 Å². The zero-order chi connectivity index (χ0) is 18.1. The highest BCUT2D eigenvalue weighted by Crippen LogP contribution is 2.26. The number of hydrogen-bond donors (Lipinski definition) is 1. The van der Waals surface area contributed by atoms with Gasteiger partial charge in [0.25, 0.3) is 0 Å². The fourth-order valence-corrected chi connectivity index (χ4v) is 4.51. The molecule has 1 heterocycles. The molecule has 0 aliphatic carbocycles. The first-order chi connectivity index (χ1) is 11.0. The van der Waals surface area contributed by atoms with Gasteiger partial charge in [-0.15, -0.1) is 0 Å². The normalized spacial score (nSPS) is 19.8. The molecule has 1 aliphatic rings. The van der Waals surface area contributed by atoms with Crippen LogP contribution in [-0.4, -0.2) is 49.7 Å². The minimum atomic E-state index is -3.10. The third-order valence-electron chi connectivity index (χ3n) is 4.28. The Bertz CT molecular complexity index is 744. The lowest BCUT2D eigenvalue weighted by Crippen LogP contribution is -2.49. The molecule has 0 spiro atoms. The fraction of sp³-hybridized carbons (Fsp3) is 0.500. The Labute approximate surface area is 147 Å². The molecule has 2 amide bonds. The average molecular weight is 373 g/mol. The molecule has 0 saturated carbocycles. The van der Waals surface area contributed by atoms with Gasteiger partial charge in [-0.2, -0.15) is 0 Å². The quantitative estimate of drug-likeness (QED) is 0.819. The Balaban J connectivity index is 2.08. The van der Waals surface area contributed by atoms with E-state index in [2.05, 4.69) is 5.32 Å². The van der Waals surface area contributed by atoms with E-state index in [4.69, 9.17) is 11.6 Å². The molecule has 0 radical (unpaired) electrons. The predicted octanol–water partition coefficient (Wildman–Crippen LogP) is 1.95. The van der Waals surface area contributed by atoms with Crippen molar-refractivity contribution in [1.82, 2.24) is 4.90 Å². The van der Waals surface area contributed by atoms with E-state index in [1.165, 1.54) is 18.7 Å². The Morgan fingerprint density at radius 1 is 1.25 bits per heavy atom. The van der Waals surface area contributed by atoms with Crippen LogP contribution in [0.25, 0.3) is 0 Å². The third kappa shape index (κ3) is 4.08. The summed E-state index contributed by atoms with van der Waals surface area (Å²) in [7, 11) is -1.55. The van der Waals surface area contributed by atoms with E-state index in [9.17, 15) is 18.0 Å². The van der Waals surface area contributed by atoms with Gasteiger partial charge in [-0.25, -0.2) is 8.42 Å². The summed E-state index contributed by atoms with van der Waals surface area (Å²) in [5.41, 5.74) is -0.780. The summed E-state index contributed by atoms with van der Waals surface area (Å²) in [6.45, 7) is 3.06. The molecule has 1 N–H and O–H groups in total. The van der Waals surface area contributed by atoms with Crippen molar-refractivity contribution in [3.63, 3.8) is 0 Å². The zero-order valence-corrected chi connectivity index (χ0v) is 15.4. The van der Waals surface area contributed by atoms with Crippen LogP contribution < -0.4 is 5.32 Å². The average Bonchev–Trinajstić information content (AvgIpc) is 2.88. The van der Waals surface area contributed by atoms with E-state index >= 15 is 0 Å². The van der Waals surface area contributed by atoms with Gasteiger partial charge in [0.1, 0.15) is 5.41 Å². The van der Waals surface area contributed by atoms with Gasteiger partial charge < -0.3 is 10.2 Å². The van der Waals surface area contributed by atoms with E-state index < -0.39 is 27.1 Å². The van der Waals surface area contributed by atoms with Crippen LogP contribution in [0.1, 0.15) is 20.3 Å². The molecular weight excluding hydrogens is 352 g/mol. The SMILES string of the molecule is CN(C(=O)C(C)(C)C(=O)Nc1ccc(Cl)cc1)C1CCS(=O)(=O)C1. The first kappa shape index (κ1) is 18.7. The summed E-state index contributed by atoms with van der Waals surface area (Å²) in [6.07, 6.45) is 0.402. The van der Waals surface area contributed by atoms with Gasteiger partial charge >= 0.3 is 0 Å². The smallest absolute Gasteiger partial charge is 0.239 e. The molecule has 1 saturated heterocycles. The number of nitrogens with zero attached hydrogens (tertiary/aromatic N) is 1. The van der Waals surface area contributed by atoms with Crippen LogP contribution in [0.3, 0.4) is 0 Å². The van der Waals surface area contributed by atoms with Crippen LogP contribution >= 0.6 is 11.6 Å². The van der Waals surface area contributed by atoms with Crippen molar-refractivity contribution < 1.29 is 18.0 Å². The van der Waals surface area contributed by atoms with E-state index in [1.807, 2.05) is 0 Å². The maximum atomic E-state index is 12.7. The topological polar surface area (TPSA) is 83.6 Å². The van der Waals surface area contributed by atoms with Crippen molar-refractivity contribution in [1.29, 1.82) is 0 Å². The van der Waals surface area contributed by atoms with Gasteiger partial charge in [-0.05, 0) is 44.5 Å². The van der Waals surface area contributed by atoms with Gasteiger partial charge in [0, 0.05) is 23.8 Å². The lowest BCUT2D eigenvalue weighted by atomic mass is 9.89. The first-order valence-electron chi connectivity index (χ1n) is 7.57. The van der Waals surface area contributed by atoms with Gasteiger partial charge in [0.15, 0.2) is 9.84 Å². The summed E-state index contributed by atoms with van der Waals surface area (Å²) in [4.78, 5) is 26.6. The molecule has 2 rings (SSSR count). The number of nitrogens with one attached hydrogen (secondary N) is 1. The molecule has 24 heavy (non-hydrogen) atoms. The summed E-state index contributed by atoms with van der Waals surface area (Å²) in [5, 5.41) is 3.24. The summed E-state index contributed by atoms with van der Waals surface area (Å²) in [6, 6.07) is 6.19. The molecule has 0 bridgehead atoms. The largest absolute Gasteiger partial charge is 0.341 e. The van der Waals surface area contributed by atoms with Gasteiger partial charge in [-0.3, -0.25) is 9.59 Å². The highest BCUT2D eigenvalue weighted by Gasteiger charge is 2.42. The standard InChI is InChI=1S/C16H21ClN2O4S/c1-16(2,14(20)18-12-6-4-11(17)5-7-12)15(21)19(3)13-8-9-24(22,23)10-13/h4-7,13H,8-10H2,1-3H3,(H,18,20). The molecule has 1 aliphatic heterocycles. The molecule has 1 fully saturated rings. The Kier molecular flexibility index (Phi) is 5.25. The number of carbonyl (C=O) groups excluding carboxylic acids is 2. The molecule has 1 aromatic carbocycles. The monoisotopic (exact) mass is 372 g/mol. The predicted molar refractivity (Wildman–Crippen MR) is 93.7 cm³/mol. The van der Waals surface area contributed by atoms with E-state index in [-0.39, 0.29) is 17.5 Å². The maximum Gasteiger partial charge on any atom is 0.239 e. The lowest BCUT2D eigenvalue weighted by Gasteiger charge is -2.31. The molecule has 1 aromatic rings. The summed E-state index contributed by atoms with van der Waals surface area (Å²) < 4.78 is 23.2. The van der Waals surface area contributed by atoms with Gasteiger partial charge in [0.05, 0.1) is 11.5 Å². The third-order valence-corrected chi connectivity index (χ3v) is 6.28. The maximum absolute atomic E-state index is 12.7. The van der Waals surface area contributed by atoms with Crippen LogP contribution in [0.5, 0.6) is 0 Å². The minimum absolute atomic E-state index is 0.0515. The van der Waals surface area contributed by atoms with Crippen molar-refractivity contribution in [2.75, 3.05) is 23.9 Å². The Morgan fingerprint density at radius 2 is 1.83 bits per heavy atom. The van der Waals surface area contributed by atoms with Crippen LogP contribution in [0.2, 0.25) is 5.02 Å². The summed E-state index contributed by atoms with van der Waals surface area (Å²) >= 11 is 5.80. The van der Waals surface area contributed by atoms with Crippen LogP contribution in [0, 0.1) is 5.41 Å². The van der Waals surface area contributed by atoms with Crippen molar-refractivity contribution >= 4 is 38.9 Å². The van der Waals surface area contributed by atoms with E-state index in [0.717, 1.165) is 0 Å². The van der Waals surface area contributed by atoms with Gasteiger partial charge in [-0.1, -0.05) is 11.6 Å². The highest BCUT2D eigenvalue weighted by molar-refractivity contribution is 7.91. The second-order valence-electron chi connectivity index (χ2n) is 6.56. The highest BCUT2D eigenvalue weighted by atomic mass is 35.5. The number of anilines is 1. The van der Waals surface area contributed by atoms with Crippen LogP contribution in [0.4, 0.5) is 5.69 Å². The van der Waals surface area contributed by atoms with Crippen molar-refractivity contribution in [2.24, 2.45) is 5.41 Å². The fourth-order valence-electron chi connectivity index (χ4n) is 2.61.